The lowest BCUT2D eigenvalue weighted by atomic mass is 9.85. The van der Waals surface area contributed by atoms with Crippen molar-refractivity contribution in [2.75, 3.05) is 0 Å². The lowest BCUT2D eigenvalue weighted by Crippen LogP contribution is -2.31. The monoisotopic (exact) mass is 293 g/mol. The predicted molar refractivity (Wildman–Crippen MR) is 84.8 cm³/mol. The molecule has 0 amide bonds. The van der Waals surface area contributed by atoms with Gasteiger partial charge in [-0.2, -0.15) is 0 Å². The van der Waals surface area contributed by atoms with E-state index in [4.69, 9.17) is 11.6 Å². The standard InChI is InChI=1S/C16H20ClNS/c1-16(2,3)15(14-9-6-10-19-14)18-11-12-7-4-5-8-13(12)17/h4-10,15,18H,11H2,1-3H3. The first-order valence-electron chi connectivity index (χ1n) is 6.48. The molecule has 1 nitrogen and oxygen atoms in total. The molecule has 0 fully saturated rings. The van der Waals surface area contributed by atoms with E-state index in [1.807, 2.05) is 18.2 Å². The van der Waals surface area contributed by atoms with Crippen LogP contribution in [0, 0.1) is 5.41 Å². The second kappa shape index (κ2) is 6.08. The molecule has 0 aliphatic carbocycles. The molecule has 1 heterocycles. The van der Waals surface area contributed by atoms with Gasteiger partial charge in [0.1, 0.15) is 0 Å². The van der Waals surface area contributed by atoms with Crippen LogP contribution in [0.1, 0.15) is 37.3 Å². The minimum absolute atomic E-state index is 0.173. The molecule has 0 bridgehead atoms. The molecule has 1 unspecified atom stereocenters. The molecule has 1 aromatic heterocycles. The van der Waals surface area contributed by atoms with Gasteiger partial charge in [-0.05, 0) is 28.5 Å². The molecule has 3 heteroatoms. The number of halogens is 1. The van der Waals surface area contributed by atoms with E-state index in [9.17, 15) is 0 Å². The van der Waals surface area contributed by atoms with Gasteiger partial charge in [0.15, 0.2) is 0 Å². The van der Waals surface area contributed by atoms with Crippen LogP contribution in [0.2, 0.25) is 5.02 Å². The van der Waals surface area contributed by atoms with Crippen LogP contribution in [-0.4, -0.2) is 0 Å². The summed E-state index contributed by atoms with van der Waals surface area (Å²) in [7, 11) is 0. The predicted octanol–water partition coefficient (Wildman–Crippen LogP) is 5.28. The van der Waals surface area contributed by atoms with Crippen molar-refractivity contribution < 1.29 is 0 Å². The quantitative estimate of drug-likeness (QED) is 0.809. The Hall–Kier alpha value is -0.830. The Labute approximate surface area is 124 Å². The van der Waals surface area contributed by atoms with E-state index in [0.717, 1.165) is 17.1 Å². The van der Waals surface area contributed by atoms with Crippen molar-refractivity contribution in [3.8, 4) is 0 Å². The highest BCUT2D eigenvalue weighted by Crippen LogP contribution is 2.35. The van der Waals surface area contributed by atoms with Crippen molar-refractivity contribution in [2.45, 2.75) is 33.4 Å². The number of hydrogen-bond acceptors (Lipinski definition) is 2. The van der Waals surface area contributed by atoms with E-state index in [1.165, 1.54) is 4.88 Å². The van der Waals surface area contributed by atoms with Crippen molar-refractivity contribution in [3.05, 3.63) is 57.2 Å². The molecule has 0 aliphatic rings. The van der Waals surface area contributed by atoms with Crippen LogP contribution in [0.15, 0.2) is 41.8 Å². The number of thiophene rings is 1. The maximum absolute atomic E-state index is 6.21. The van der Waals surface area contributed by atoms with Gasteiger partial charge in [0, 0.05) is 22.5 Å². The number of benzene rings is 1. The minimum Gasteiger partial charge on any atom is -0.305 e. The van der Waals surface area contributed by atoms with Crippen molar-refractivity contribution in [1.82, 2.24) is 5.32 Å². The Balaban J connectivity index is 2.12. The summed E-state index contributed by atoms with van der Waals surface area (Å²) in [4.78, 5) is 1.37. The summed E-state index contributed by atoms with van der Waals surface area (Å²) in [5.74, 6) is 0. The molecule has 0 aliphatic heterocycles. The van der Waals surface area contributed by atoms with Crippen LogP contribution in [-0.2, 0) is 6.54 Å². The average Bonchev–Trinajstić information content (AvgIpc) is 2.83. The Kier molecular flexibility index (Phi) is 4.67. The number of rotatable bonds is 4. The molecule has 19 heavy (non-hydrogen) atoms. The third-order valence-corrected chi connectivity index (χ3v) is 4.45. The van der Waals surface area contributed by atoms with Crippen LogP contribution in [0.4, 0.5) is 0 Å². The topological polar surface area (TPSA) is 12.0 Å². The molecular formula is C16H20ClNS. The molecule has 1 aromatic carbocycles. The van der Waals surface area contributed by atoms with Gasteiger partial charge in [-0.1, -0.05) is 56.6 Å². The van der Waals surface area contributed by atoms with Crippen molar-refractivity contribution in [2.24, 2.45) is 5.41 Å². The first-order valence-corrected chi connectivity index (χ1v) is 7.74. The highest BCUT2D eigenvalue weighted by Gasteiger charge is 2.26. The molecule has 1 N–H and O–H groups in total. The summed E-state index contributed by atoms with van der Waals surface area (Å²) >= 11 is 8.01. The second-order valence-corrected chi connectivity index (χ2v) is 7.17. The fraction of sp³-hybridized carbons (Fsp3) is 0.375. The normalized spacial score (nSPS) is 13.5. The van der Waals surface area contributed by atoms with Crippen LogP contribution < -0.4 is 5.32 Å². The van der Waals surface area contributed by atoms with Gasteiger partial charge in [0.2, 0.25) is 0 Å². The maximum atomic E-state index is 6.21. The van der Waals surface area contributed by atoms with Crippen molar-refractivity contribution in [3.63, 3.8) is 0 Å². The SMILES string of the molecule is CC(C)(C)C(NCc1ccccc1Cl)c1cccs1. The van der Waals surface area contributed by atoms with Gasteiger partial charge < -0.3 is 5.32 Å². The van der Waals surface area contributed by atoms with E-state index < -0.39 is 0 Å². The fourth-order valence-electron chi connectivity index (χ4n) is 2.14. The molecule has 102 valence electrons. The van der Waals surface area contributed by atoms with Crippen LogP contribution in [0.25, 0.3) is 0 Å². The largest absolute Gasteiger partial charge is 0.305 e. The van der Waals surface area contributed by atoms with Gasteiger partial charge >= 0.3 is 0 Å². The van der Waals surface area contributed by atoms with Crippen LogP contribution in [0.5, 0.6) is 0 Å². The first kappa shape index (κ1) is 14.6. The van der Waals surface area contributed by atoms with Crippen LogP contribution in [0.3, 0.4) is 0 Å². The average molecular weight is 294 g/mol. The van der Waals surface area contributed by atoms with E-state index in [-0.39, 0.29) is 5.41 Å². The molecule has 2 aromatic rings. The first-order chi connectivity index (χ1) is 8.98. The molecular weight excluding hydrogens is 274 g/mol. The highest BCUT2D eigenvalue weighted by molar-refractivity contribution is 7.10. The van der Waals surface area contributed by atoms with E-state index in [1.54, 1.807) is 11.3 Å². The summed E-state index contributed by atoms with van der Waals surface area (Å²) in [6.45, 7) is 7.57. The molecule has 0 radical (unpaired) electrons. The zero-order chi connectivity index (χ0) is 13.9. The zero-order valence-electron chi connectivity index (χ0n) is 11.6. The van der Waals surface area contributed by atoms with E-state index in [0.29, 0.717) is 6.04 Å². The molecule has 0 spiro atoms. The highest BCUT2D eigenvalue weighted by atomic mass is 35.5. The third-order valence-electron chi connectivity index (χ3n) is 3.15. The Bertz CT molecular complexity index is 514. The van der Waals surface area contributed by atoms with Gasteiger partial charge in [0.05, 0.1) is 0 Å². The summed E-state index contributed by atoms with van der Waals surface area (Å²) in [6.07, 6.45) is 0. The zero-order valence-corrected chi connectivity index (χ0v) is 13.2. The Morgan fingerprint density at radius 3 is 2.47 bits per heavy atom. The van der Waals surface area contributed by atoms with Gasteiger partial charge in [-0.3, -0.25) is 0 Å². The molecule has 2 rings (SSSR count). The second-order valence-electron chi connectivity index (χ2n) is 5.79. The number of nitrogens with one attached hydrogen (secondary N) is 1. The summed E-state index contributed by atoms with van der Waals surface area (Å²) in [5, 5.41) is 6.60. The maximum Gasteiger partial charge on any atom is 0.0466 e. The van der Waals surface area contributed by atoms with Gasteiger partial charge in [-0.25, -0.2) is 0 Å². The molecule has 0 saturated carbocycles. The van der Waals surface area contributed by atoms with Crippen LogP contribution >= 0.6 is 22.9 Å². The minimum atomic E-state index is 0.173. The van der Waals surface area contributed by atoms with Gasteiger partial charge in [-0.15, -0.1) is 11.3 Å². The number of hydrogen-bond donors (Lipinski definition) is 1. The third kappa shape index (κ3) is 3.82. The van der Waals surface area contributed by atoms with E-state index >= 15 is 0 Å². The summed E-state index contributed by atoms with van der Waals surface area (Å²) in [6, 6.07) is 12.6. The van der Waals surface area contributed by atoms with Crippen molar-refractivity contribution in [1.29, 1.82) is 0 Å². The van der Waals surface area contributed by atoms with Crippen molar-refractivity contribution >= 4 is 22.9 Å². The lowest BCUT2D eigenvalue weighted by Gasteiger charge is -2.31. The summed E-state index contributed by atoms with van der Waals surface area (Å²) in [5.41, 5.74) is 1.32. The van der Waals surface area contributed by atoms with E-state index in [2.05, 4.69) is 49.7 Å². The summed E-state index contributed by atoms with van der Waals surface area (Å²) < 4.78 is 0. The Morgan fingerprint density at radius 2 is 1.89 bits per heavy atom. The van der Waals surface area contributed by atoms with Gasteiger partial charge in [0.25, 0.3) is 0 Å². The Morgan fingerprint density at radius 1 is 1.16 bits per heavy atom. The smallest absolute Gasteiger partial charge is 0.0466 e. The molecule has 0 saturated heterocycles. The fourth-order valence-corrected chi connectivity index (χ4v) is 3.39. The lowest BCUT2D eigenvalue weighted by molar-refractivity contribution is 0.275. The molecule has 1 atom stereocenters.